The monoisotopic (exact) mass is 248 g/mol. The SMILES string of the molecule is CC(C)(C)NCc1cccc(OC2CCCC2)n1. The summed E-state index contributed by atoms with van der Waals surface area (Å²) in [6, 6.07) is 6.02. The van der Waals surface area contributed by atoms with E-state index in [1.165, 1.54) is 25.7 Å². The molecule has 1 aliphatic carbocycles. The molecule has 0 amide bonds. The first-order chi connectivity index (χ1) is 8.53. The number of ether oxygens (including phenoxy) is 1. The van der Waals surface area contributed by atoms with Gasteiger partial charge in [-0.05, 0) is 52.5 Å². The number of nitrogens with one attached hydrogen (secondary N) is 1. The van der Waals surface area contributed by atoms with Gasteiger partial charge >= 0.3 is 0 Å². The predicted molar refractivity (Wildman–Crippen MR) is 73.7 cm³/mol. The normalized spacial score (nSPS) is 17.1. The fourth-order valence-corrected chi connectivity index (χ4v) is 2.15. The van der Waals surface area contributed by atoms with Crippen molar-refractivity contribution in [3.8, 4) is 5.88 Å². The Hall–Kier alpha value is -1.09. The summed E-state index contributed by atoms with van der Waals surface area (Å²) in [6.07, 6.45) is 5.30. The van der Waals surface area contributed by atoms with Crippen molar-refractivity contribution in [1.29, 1.82) is 0 Å². The Morgan fingerprint density at radius 2 is 2.00 bits per heavy atom. The van der Waals surface area contributed by atoms with Crippen LogP contribution in [0.4, 0.5) is 0 Å². The Labute approximate surface area is 110 Å². The van der Waals surface area contributed by atoms with Crippen LogP contribution in [-0.4, -0.2) is 16.6 Å². The molecule has 3 heteroatoms. The molecule has 2 rings (SSSR count). The van der Waals surface area contributed by atoms with Gasteiger partial charge in [0.25, 0.3) is 0 Å². The molecule has 1 fully saturated rings. The quantitative estimate of drug-likeness (QED) is 0.887. The summed E-state index contributed by atoms with van der Waals surface area (Å²) in [4.78, 5) is 4.55. The van der Waals surface area contributed by atoms with Crippen molar-refractivity contribution in [2.45, 2.75) is 64.6 Å². The van der Waals surface area contributed by atoms with Gasteiger partial charge in [-0.15, -0.1) is 0 Å². The fourth-order valence-electron chi connectivity index (χ4n) is 2.15. The van der Waals surface area contributed by atoms with Gasteiger partial charge in [0.1, 0.15) is 6.10 Å². The molecule has 1 aromatic rings. The van der Waals surface area contributed by atoms with Crippen LogP contribution in [0.2, 0.25) is 0 Å². The smallest absolute Gasteiger partial charge is 0.213 e. The molecule has 0 radical (unpaired) electrons. The number of pyridine rings is 1. The van der Waals surface area contributed by atoms with Crippen molar-refractivity contribution in [2.75, 3.05) is 0 Å². The van der Waals surface area contributed by atoms with E-state index < -0.39 is 0 Å². The molecule has 1 N–H and O–H groups in total. The van der Waals surface area contributed by atoms with E-state index in [-0.39, 0.29) is 5.54 Å². The second kappa shape index (κ2) is 5.70. The fraction of sp³-hybridized carbons (Fsp3) is 0.667. The second-order valence-electron chi connectivity index (χ2n) is 6.10. The summed E-state index contributed by atoms with van der Waals surface area (Å²) < 4.78 is 5.91. The standard InChI is InChI=1S/C15H24N2O/c1-15(2,3)16-11-12-7-6-10-14(17-12)18-13-8-4-5-9-13/h6-7,10,13,16H,4-5,8-9,11H2,1-3H3. The van der Waals surface area contributed by atoms with Gasteiger partial charge in [-0.2, -0.15) is 0 Å². The van der Waals surface area contributed by atoms with E-state index in [0.29, 0.717) is 6.10 Å². The number of aromatic nitrogens is 1. The van der Waals surface area contributed by atoms with Crippen LogP contribution < -0.4 is 10.1 Å². The van der Waals surface area contributed by atoms with Crippen molar-refractivity contribution in [3.63, 3.8) is 0 Å². The van der Waals surface area contributed by atoms with Gasteiger partial charge in [-0.3, -0.25) is 0 Å². The Balaban J connectivity index is 1.92. The molecule has 0 saturated heterocycles. The van der Waals surface area contributed by atoms with Crippen molar-refractivity contribution in [2.24, 2.45) is 0 Å². The van der Waals surface area contributed by atoms with Crippen LogP contribution in [0.15, 0.2) is 18.2 Å². The minimum absolute atomic E-state index is 0.115. The van der Waals surface area contributed by atoms with E-state index >= 15 is 0 Å². The lowest BCUT2D eigenvalue weighted by atomic mass is 10.1. The van der Waals surface area contributed by atoms with E-state index in [1.807, 2.05) is 18.2 Å². The van der Waals surface area contributed by atoms with Gasteiger partial charge in [-0.1, -0.05) is 6.07 Å². The van der Waals surface area contributed by atoms with Gasteiger partial charge in [0, 0.05) is 18.2 Å². The highest BCUT2D eigenvalue weighted by Gasteiger charge is 2.17. The van der Waals surface area contributed by atoms with Crippen molar-refractivity contribution >= 4 is 0 Å². The molecule has 0 spiro atoms. The maximum atomic E-state index is 5.91. The van der Waals surface area contributed by atoms with Crippen LogP contribution in [0.3, 0.4) is 0 Å². The average molecular weight is 248 g/mol. The molecule has 0 unspecified atom stereocenters. The van der Waals surface area contributed by atoms with E-state index in [0.717, 1.165) is 18.1 Å². The van der Waals surface area contributed by atoms with Gasteiger partial charge in [-0.25, -0.2) is 4.98 Å². The van der Waals surface area contributed by atoms with E-state index in [2.05, 4.69) is 31.1 Å². The van der Waals surface area contributed by atoms with E-state index in [9.17, 15) is 0 Å². The first kappa shape index (κ1) is 13.3. The zero-order valence-corrected chi connectivity index (χ0v) is 11.7. The third kappa shape index (κ3) is 4.30. The van der Waals surface area contributed by atoms with Gasteiger partial charge in [0.2, 0.25) is 5.88 Å². The molecule has 0 aromatic carbocycles. The maximum Gasteiger partial charge on any atom is 0.213 e. The number of nitrogens with zero attached hydrogens (tertiary/aromatic N) is 1. The zero-order valence-electron chi connectivity index (χ0n) is 11.7. The summed E-state index contributed by atoms with van der Waals surface area (Å²) in [7, 11) is 0. The Morgan fingerprint density at radius 1 is 1.28 bits per heavy atom. The first-order valence-corrected chi connectivity index (χ1v) is 6.90. The molecule has 3 nitrogen and oxygen atoms in total. The largest absolute Gasteiger partial charge is 0.474 e. The van der Waals surface area contributed by atoms with Gasteiger partial charge in [0.05, 0.1) is 5.69 Å². The molecular formula is C15H24N2O. The number of hydrogen-bond acceptors (Lipinski definition) is 3. The summed E-state index contributed by atoms with van der Waals surface area (Å²) >= 11 is 0. The molecule has 1 saturated carbocycles. The van der Waals surface area contributed by atoms with Crippen molar-refractivity contribution < 1.29 is 4.74 Å². The Kier molecular flexibility index (Phi) is 4.23. The summed E-state index contributed by atoms with van der Waals surface area (Å²) in [5.74, 6) is 0.773. The molecule has 0 bridgehead atoms. The molecule has 0 aliphatic heterocycles. The van der Waals surface area contributed by atoms with Crippen LogP contribution in [0.1, 0.15) is 52.1 Å². The van der Waals surface area contributed by atoms with Crippen LogP contribution in [0, 0.1) is 0 Å². The lowest BCUT2D eigenvalue weighted by molar-refractivity contribution is 0.200. The van der Waals surface area contributed by atoms with E-state index in [4.69, 9.17) is 4.74 Å². The summed E-state index contributed by atoms with van der Waals surface area (Å²) in [6.45, 7) is 7.26. The van der Waals surface area contributed by atoms with Gasteiger partial charge in [0.15, 0.2) is 0 Å². The molecule has 0 atom stereocenters. The predicted octanol–water partition coefficient (Wildman–Crippen LogP) is 3.29. The Morgan fingerprint density at radius 3 is 2.67 bits per heavy atom. The number of hydrogen-bond donors (Lipinski definition) is 1. The molecular weight excluding hydrogens is 224 g/mol. The third-order valence-electron chi connectivity index (χ3n) is 3.17. The van der Waals surface area contributed by atoms with Crippen LogP contribution >= 0.6 is 0 Å². The lowest BCUT2D eigenvalue weighted by Crippen LogP contribution is -2.35. The van der Waals surface area contributed by atoms with E-state index in [1.54, 1.807) is 0 Å². The Bertz CT molecular complexity index is 378. The van der Waals surface area contributed by atoms with Crippen LogP contribution in [0.5, 0.6) is 5.88 Å². The zero-order chi connectivity index (χ0) is 13.0. The molecule has 1 aromatic heterocycles. The minimum Gasteiger partial charge on any atom is -0.474 e. The summed E-state index contributed by atoms with van der Waals surface area (Å²) in [5.41, 5.74) is 1.16. The van der Waals surface area contributed by atoms with Crippen molar-refractivity contribution in [1.82, 2.24) is 10.3 Å². The molecule has 1 aliphatic rings. The second-order valence-corrected chi connectivity index (χ2v) is 6.10. The highest BCUT2D eigenvalue weighted by Crippen LogP contribution is 2.23. The highest BCUT2D eigenvalue weighted by atomic mass is 16.5. The first-order valence-electron chi connectivity index (χ1n) is 6.90. The van der Waals surface area contributed by atoms with Crippen LogP contribution in [0.25, 0.3) is 0 Å². The van der Waals surface area contributed by atoms with Crippen LogP contribution in [-0.2, 0) is 6.54 Å². The lowest BCUT2D eigenvalue weighted by Gasteiger charge is -2.20. The maximum absolute atomic E-state index is 5.91. The van der Waals surface area contributed by atoms with Gasteiger partial charge < -0.3 is 10.1 Å². The summed E-state index contributed by atoms with van der Waals surface area (Å²) in [5, 5.41) is 3.44. The third-order valence-corrected chi connectivity index (χ3v) is 3.17. The average Bonchev–Trinajstić information content (AvgIpc) is 2.79. The highest BCUT2D eigenvalue weighted by molar-refractivity contribution is 5.16. The molecule has 1 heterocycles. The topological polar surface area (TPSA) is 34.1 Å². The van der Waals surface area contributed by atoms with Crippen molar-refractivity contribution in [3.05, 3.63) is 23.9 Å². The molecule has 100 valence electrons. The molecule has 18 heavy (non-hydrogen) atoms. The number of rotatable bonds is 4. The minimum atomic E-state index is 0.115.